The second-order valence-electron chi connectivity index (χ2n) is 5.54. The highest BCUT2D eigenvalue weighted by Gasteiger charge is 2.08. The molecule has 3 rings (SSSR count). The van der Waals surface area contributed by atoms with Crippen molar-refractivity contribution in [3.05, 3.63) is 82.1 Å². The van der Waals surface area contributed by atoms with Crippen LogP contribution in [0.4, 0.5) is 0 Å². The lowest BCUT2D eigenvalue weighted by Crippen LogP contribution is -1.93. The van der Waals surface area contributed by atoms with Crippen LogP contribution >= 0.6 is 11.6 Å². The van der Waals surface area contributed by atoms with Gasteiger partial charge in [0.1, 0.15) is 0 Å². The Morgan fingerprint density at radius 1 is 0.762 bits per heavy atom. The molecular weight excluding hydrogens is 276 g/mol. The van der Waals surface area contributed by atoms with Gasteiger partial charge in [-0.2, -0.15) is 0 Å². The minimum atomic E-state index is 0.775. The molecular formula is C20H19Cl. The van der Waals surface area contributed by atoms with E-state index in [1.54, 1.807) is 0 Å². The molecule has 0 spiro atoms. The molecule has 21 heavy (non-hydrogen) atoms. The molecule has 1 fully saturated rings. The van der Waals surface area contributed by atoms with E-state index in [1.165, 1.54) is 54.4 Å². The Kier molecular flexibility index (Phi) is 4.60. The van der Waals surface area contributed by atoms with Gasteiger partial charge in [-0.1, -0.05) is 60.5 Å². The van der Waals surface area contributed by atoms with Gasteiger partial charge in [0.2, 0.25) is 0 Å². The molecule has 2 aromatic rings. The van der Waals surface area contributed by atoms with Crippen LogP contribution in [0.3, 0.4) is 0 Å². The van der Waals surface area contributed by atoms with E-state index in [0.717, 1.165) is 5.02 Å². The molecule has 0 heterocycles. The van der Waals surface area contributed by atoms with Gasteiger partial charge in [0.25, 0.3) is 0 Å². The Morgan fingerprint density at radius 3 is 2.05 bits per heavy atom. The van der Waals surface area contributed by atoms with Crippen LogP contribution in [0.5, 0.6) is 0 Å². The molecule has 0 nitrogen and oxygen atoms in total. The first-order chi connectivity index (χ1) is 10.3. The van der Waals surface area contributed by atoms with Crippen LogP contribution in [0.1, 0.15) is 43.2 Å². The van der Waals surface area contributed by atoms with Crippen molar-refractivity contribution in [2.45, 2.75) is 32.1 Å². The number of halogens is 1. The summed E-state index contributed by atoms with van der Waals surface area (Å²) in [6.45, 7) is 0. The molecule has 106 valence electrons. The highest BCUT2D eigenvalue weighted by atomic mass is 35.5. The zero-order chi connectivity index (χ0) is 14.5. The lowest BCUT2D eigenvalue weighted by molar-refractivity contribution is 0.600. The van der Waals surface area contributed by atoms with Crippen molar-refractivity contribution in [2.75, 3.05) is 0 Å². The molecule has 0 N–H and O–H groups in total. The molecule has 1 aliphatic rings. The molecule has 0 radical (unpaired) electrons. The predicted molar refractivity (Wildman–Crippen MR) is 90.5 cm³/mol. The van der Waals surface area contributed by atoms with E-state index < -0.39 is 0 Å². The van der Waals surface area contributed by atoms with Gasteiger partial charge in [0.05, 0.1) is 0 Å². The maximum Gasteiger partial charge on any atom is 0.0406 e. The first kappa shape index (κ1) is 14.2. The molecule has 0 atom stereocenters. The number of hydrogen-bond donors (Lipinski definition) is 0. The molecule has 2 aromatic carbocycles. The first-order valence-corrected chi connectivity index (χ1v) is 8.01. The third kappa shape index (κ3) is 3.67. The monoisotopic (exact) mass is 294 g/mol. The van der Waals surface area contributed by atoms with Crippen molar-refractivity contribution in [3.63, 3.8) is 0 Å². The van der Waals surface area contributed by atoms with E-state index in [0.29, 0.717) is 0 Å². The Bertz CT molecular complexity index is 651. The van der Waals surface area contributed by atoms with Crippen LogP contribution in [-0.4, -0.2) is 0 Å². The van der Waals surface area contributed by atoms with E-state index in [4.69, 9.17) is 11.6 Å². The van der Waals surface area contributed by atoms with E-state index in [9.17, 15) is 0 Å². The van der Waals surface area contributed by atoms with E-state index in [2.05, 4.69) is 48.2 Å². The molecule has 0 unspecified atom stereocenters. The summed E-state index contributed by atoms with van der Waals surface area (Å²) in [6, 6.07) is 18.6. The van der Waals surface area contributed by atoms with E-state index in [-0.39, 0.29) is 0 Å². The van der Waals surface area contributed by atoms with Gasteiger partial charge in [-0.3, -0.25) is 0 Å². The molecule has 1 heteroatoms. The fraction of sp³-hybridized carbons (Fsp3) is 0.250. The second kappa shape index (κ2) is 6.80. The fourth-order valence-corrected chi connectivity index (χ4v) is 2.94. The maximum absolute atomic E-state index is 6.02. The lowest BCUT2D eigenvalue weighted by atomic mass is 9.92. The average Bonchev–Trinajstić information content (AvgIpc) is 2.55. The van der Waals surface area contributed by atoms with Crippen LogP contribution in [0.25, 0.3) is 5.57 Å². The summed E-state index contributed by atoms with van der Waals surface area (Å²) >= 11 is 6.02. The van der Waals surface area contributed by atoms with Crippen molar-refractivity contribution in [1.29, 1.82) is 0 Å². The minimum absolute atomic E-state index is 0.775. The third-order valence-electron chi connectivity index (χ3n) is 3.95. The van der Waals surface area contributed by atoms with Gasteiger partial charge in [-0.15, -0.1) is 5.73 Å². The highest BCUT2D eigenvalue weighted by molar-refractivity contribution is 6.30. The molecule has 0 aliphatic heterocycles. The SMILES string of the molecule is Clc1ccc(C(=C=C2CCCCC2)c2ccccc2)cc1. The van der Waals surface area contributed by atoms with Crippen molar-refractivity contribution in [3.8, 4) is 0 Å². The average molecular weight is 295 g/mol. The second-order valence-corrected chi connectivity index (χ2v) is 5.97. The summed E-state index contributed by atoms with van der Waals surface area (Å²) in [5.74, 6) is 0. The Labute approximate surface area is 131 Å². The van der Waals surface area contributed by atoms with E-state index >= 15 is 0 Å². The quantitative estimate of drug-likeness (QED) is 0.573. The maximum atomic E-state index is 6.02. The van der Waals surface area contributed by atoms with Gasteiger partial charge >= 0.3 is 0 Å². The Balaban J connectivity index is 2.11. The number of benzene rings is 2. The minimum Gasteiger partial charge on any atom is -0.113 e. The smallest absolute Gasteiger partial charge is 0.0406 e. The van der Waals surface area contributed by atoms with Crippen LogP contribution in [0.15, 0.2) is 65.9 Å². The van der Waals surface area contributed by atoms with Crippen molar-refractivity contribution in [1.82, 2.24) is 0 Å². The third-order valence-corrected chi connectivity index (χ3v) is 4.21. The van der Waals surface area contributed by atoms with Crippen molar-refractivity contribution >= 4 is 17.2 Å². The summed E-state index contributed by atoms with van der Waals surface area (Å²) in [7, 11) is 0. The molecule has 0 aromatic heterocycles. The number of rotatable bonds is 2. The summed E-state index contributed by atoms with van der Waals surface area (Å²) < 4.78 is 0. The molecule has 1 saturated carbocycles. The number of hydrogen-bond acceptors (Lipinski definition) is 0. The van der Waals surface area contributed by atoms with Crippen molar-refractivity contribution < 1.29 is 0 Å². The summed E-state index contributed by atoms with van der Waals surface area (Å²) in [6.07, 6.45) is 6.32. The van der Waals surface area contributed by atoms with Crippen LogP contribution in [-0.2, 0) is 0 Å². The van der Waals surface area contributed by atoms with Gasteiger partial charge in [-0.05, 0) is 54.5 Å². The predicted octanol–water partition coefficient (Wildman–Crippen LogP) is 6.26. The van der Waals surface area contributed by atoms with Crippen LogP contribution < -0.4 is 0 Å². The zero-order valence-corrected chi connectivity index (χ0v) is 12.9. The van der Waals surface area contributed by atoms with Gasteiger partial charge < -0.3 is 0 Å². The molecule has 1 aliphatic carbocycles. The first-order valence-electron chi connectivity index (χ1n) is 7.63. The lowest BCUT2D eigenvalue weighted by Gasteiger charge is -2.12. The van der Waals surface area contributed by atoms with Crippen LogP contribution in [0, 0.1) is 0 Å². The Hall–Kier alpha value is -1.75. The zero-order valence-electron chi connectivity index (χ0n) is 12.1. The largest absolute Gasteiger partial charge is 0.113 e. The number of allylic oxidation sites excluding steroid dienone is 1. The standard InChI is InChI=1S/C20H19Cl/c21-19-13-11-18(12-14-19)20(17-9-5-2-6-10-17)15-16-7-3-1-4-8-16/h2,5-6,9-14H,1,3-4,7-8H2. The molecule has 0 saturated heterocycles. The van der Waals surface area contributed by atoms with E-state index in [1.807, 2.05) is 12.1 Å². The van der Waals surface area contributed by atoms with Crippen LogP contribution in [0.2, 0.25) is 5.02 Å². The van der Waals surface area contributed by atoms with Gasteiger partial charge in [0.15, 0.2) is 0 Å². The van der Waals surface area contributed by atoms with Gasteiger partial charge in [-0.25, -0.2) is 0 Å². The van der Waals surface area contributed by atoms with Gasteiger partial charge in [0, 0.05) is 10.6 Å². The highest BCUT2D eigenvalue weighted by Crippen LogP contribution is 2.28. The fourth-order valence-electron chi connectivity index (χ4n) is 2.81. The van der Waals surface area contributed by atoms with Crippen molar-refractivity contribution in [2.24, 2.45) is 0 Å². The summed E-state index contributed by atoms with van der Waals surface area (Å²) in [5.41, 5.74) is 8.74. The Morgan fingerprint density at radius 2 is 1.38 bits per heavy atom. The molecule has 0 amide bonds. The topological polar surface area (TPSA) is 0 Å². The summed E-state index contributed by atoms with van der Waals surface area (Å²) in [4.78, 5) is 0. The normalized spacial score (nSPS) is 14.6. The molecule has 0 bridgehead atoms. The summed E-state index contributed by atoms with van der Waals surface area (Å²) in [5, 5.41) is 0.775.